The summed E-state index contributed by atoms with van der Waals surface area (Å²) in [5.74, 6) is 0. The Morgan fingerprint density at radius 2 is 1.95 bits per heavy atom. The predicted molar refractivity (Wildman–Crippen MR) is 86.7 cm³/mol. The van der Waals surface area contributed by atoms with Crippen molar-refractivity contribution in [2.75, 3.05) is 10.8 Å². The van der Waals surface area contributed by atoms with Gasteiger partial charge in [-0.1, -0.05) is 24.3 Å². The lowest BCUT2D eigenvalue weighted by Gasteiger charge is -2.20. The summed E-state index contributed by atoms with van der Waals surface area (Å²) in [6.45, 7) is 0.859. The summed E-state index contributed by atoms with van der Waals surface area (Å²) in [5.41, 5.74) is 8.31. The number of rotatable bonds is 3. The highest BCUT2D eigenvalue weighted by atomic mass is 79.9. The number of halogens is 1. The van der Waals surface area contributed by atoms with Gasteiger partial charge in [0.25, 0.3) is 10.0 Å². The number of para-hydroxylation sites is 1. The first-order chi connectivity index (χ1) is 10.0. The Morgan fingerprint density at radius 3 is 2.67 bits per heavy atom. The van der Waals surface area contributed by atoms with E-state index < -0.39 is 10.0 Å². The fraction of sp³-hybridized carbons (Fsp3) is 0.200. The van der Waals surface area contributed by atoms with Crippen LogP contribution in [-0.4, -0.2) is 15.0 Å². The van der Waals surface area contributed by atoms with Gasteiger partial charge < -0.3 is 5.73 Å². The van der Waals surface area contributed by atoms with Crippen molar-refractivity contribution in [3.8, 4) is 0 Å². The molecule has 2 aromatic rings. The molecular formula is C15H15BrN2O2S. The number of nitrogens with two attached hydrogens (primary N) is 1. The summed E-state index contributed by atoms with van der Waals surface area (Å²) >= 11 is 3.35. The van der Waals surface area contributed by atoms with Gasteiger partial charge in [-0.15, -0.1) is 0 Å². The molecule has 0 saturated heterocycles. The van der Waals surface area contributed by atoms with Gasteiger partial charge in [0.05, 0.1) is 5.69 Å². The Hall–Kier alpha value is -1.37. The summed E-state index contributed by atoms with van der Waals surface area (Å²) in [5, 5.41) is 0. The zero-order valence-corrected chi connectivity index (χ0v) is 13.7. The number of sulfonamides is 1. The summed E-state index contributed by atoms with van der Waals surface area (Å²) < 4.78 is 27.8. The molecule has 1 heterocycles. The highest BCUT2D eigenvalue weighted by Gasteiger charge is 2.31. The van der Waals surface area contributed by atoms with Crippen LogP contribution in [0.15, 0.2) is 51.8 Å². The Bertz CT molecular complexity index is 790. The minimum absolute atomic E-state index is 0.274. The lowest BCUT2D eigenvalue weighted by molar-refractivity contribution is 0.592. The predicted octanol–water partition coefficient (Wildman–Crippen LogP) is 2.66. The SMILES string of the molecule is NCc1ccc(S(=O)(=O)N2CCc3ccccc32)c(Br)c1. The number of nitrogens with zero attached hydrogens (tertiary/aromatic N) is 1. The quantitative estimate of drug-likeness (QED) is 0.907. The Morgan fingerprint density at radius 1 is 1.19 bits per heavy atom. The van der Waals surface area contributed by atoms with Crippen LogP contribution in [0.5, 0.6) is 0 Å². The van der Waals surface area contributed by atoms with Gasteiger partial charge in [0.2, 0.25) is 0 Å². The normalized spacial score (nSPS) is 14.3. The van der Waals surface area contributed by atoms with Crippen LogP contribution in [0.25, 0.3) is 0 Å². The minimum Gasteiger partial charge on any atom is -0.326 e. The largest absolute Gasteiger partial charge is 0.326 e. The molecule has 0 spiro atoms. The first-order valence-corrected chi connectivity index (χ1v) is 8.86. The van der Waals surface area contributed by atoms with Crippen LogP contribution in [0, 0.1) is 0 Å². The van der Waals surface area contributed by atoms with E-state index in [2.05, 4.69) is 15.9 Å². The van der Waals surface area contributed by atoms with Gasteiger partial charge >= 0.3 is 0 Å². The van der Waals surface area contributed by atoms with Crippen LogP contribution in [0.2, 0.25) is 0 Å². The van der Waals surface area contributed by atoms with E-state index in [0.29, 0.717) is 17.6 Å². The van der Waals surface area contributed by atoms with E-state index in [-0.39, 0.29) is 4.90 Å². The van der Waals surface area contributed by atoms with Gasteiger partial charge in [-0.3, -0.25) is 4.31 Å². The summed E-state index contributed by atoms with van der Waals surface area (Å²) in [6, 6.07) is 12.7. The number of hydrogen-bond acceptors (Lipinski definition) is 3. The van der Waals surface area contributed by atoms with Crippen molar-refractivity contribution in [1.82, 2.24) is 0 Å². The van der Waals surface area contributed by atoms with Crippen molar-refractivity contribution in [2.24, 2.45) is 5.73 Å². The molecule has 0 bridgehead atoms. The lowest BCUT2D eigenvalue weighted by atomic mass is 10.2. The van der Waals surface area contributed by atoms with E-state index in [9.17, 15) is 8.42 Å². The van der Waals surface area contributed by atoms with Gasteiger partial charge in [-0.2, -0.15) is 0 Å². The Labute approximate surface area is 132 Å². The van der Waals surface area contributed by atoms with Crippen LogP contribution in [0.4, 0.5) is 5.69 Å². The zero-order chi connectivity index (χ0) is 15.0. The summed E-state index contributed by atoms with van der Waals surface area (Å²) in [7, 11) is -3.56. The second-order valence-corrected chi connectivity index (χ2v) is 7.61. The van der Waals surface area contributed by atoms with Crippen LogP contribution in [0.1, 0.15) is 11.1 Å². The van der Waals surface area contributed by atoms with E-state index in [0.717, 1.165) is 23.2 Å². The van der Waals surface area contributed by atoms with Crippen molar-refractivity contribution >= 4 is 31.6 Å². The van der Waals surface area contributed by atoms with Crippen molar-refractivity contribution in [3.05, 3.63) is 58.1 Å². The van der Waals surface area contributed by atoms with Crippen LogP contribution < -0.4 is 10.0 Å². The lowest BCUT2D eigenvalue weighted by Crippen LogP contribution is -2.29. The average Bonchev–Trinajstić information content (AvgIpc) is 2.91. The molecule has 0 radical (unpaired) electrons. The summed E-state index contributed by atoms with van der Waals surface area (Å²) in [4.78, 5) is 0.274. The second-order valence-electron chi connectivity index (χ2n) is 4.92. The van der Waals surface area contributed by atoms with E-state index in [1.807, 2.05) is 24.3 Å². The van der Waals surface area contributed by atoms with Gasteiger partial charge in [0.15, 0.2) is 0 Å². The third-order valence-electron chi connectivity index (χ3n) is 3.64. The molecule has 0 aliphatic carbocycles. The van der Waals surface area contributed by atoms with E-state index >= 15 is 0 Å². The maximum Gasteiger partial charge on any atom is 0.265 e. The van der Waals surface area contributed by atoms with E-state index in [4.69, 9.17) is 5.73 Å². The maximum absolute atomic E-state index is 12.9. The molecule has 0 saturated carbocycles. The molecule has 0 aromatic heterocycles. The van der Waals surface area contributed by atoms with Crippen LogP contribution >= 0.6 is 15.9 Å². The maximum atomic E-state index is 12.9. The van der Waals surface area contributed by atoms with Crippen molar-refractivity contribution in [1.29, 1.82) is 0 Å². The van der Waals surface area contributed by atoms with Crippen molar-refractivity contribution in [2.45, 2.75) is 17.9 Å². The smallest absolute Gasteiger partial charge is 0.265 e. The average molecular weight is 367 g/mol. The molecule has 2 N–H and O–H groups in total. The molecule has 0 amide bonds. The first-order valence-electron chi connectivity index (χ1n) is 6.63. The molecule has 2 aromatic carbocycles. The fourth-order valence-corrected chi connectivity index (χ4v) is 5.15. The van der Waals surface area contributed by atoms with Crippen molar-refractivity contribution in [3.63, 3.8) is 0 Å². The minimum atomic E-state index is -3.56. The highest BCUT2D eigenvalue weighted by Crippen LogP contribution is 2.35. The molecular weight excluding hydrogens is 352 g/mol. The Kier molecular flexibility index (Phi) is 3.77. The van der Waals surface area contributed by atoms with Crippen molar-refractivity contribution < 1.29 is 8.42 Å². The molecule has 1 aliphatic rings. The third-order valence-corrected chi connectivity index (χ3v) is 6.43. The molecule has 6 heteroatoms. The van der Waals surface area contributed by atoms with Gasteiger partial charge in [0.1, 0.15) is 4.90 Å². The van der Waals surface area contributed by atoms with E-state index in [1.165, 1.54) is 4.31 Å². The molecule has 110 valence electrons. The number of benzene rings is 2. The van der Waals surface area contributed by atoms with Gasteiger partial charge in [-0.05, 0) is 51.7 Å². The van der Waals surface area contributed by atoms with Crippen LogP contribution in [0.3, 0.4) is 0 Å². The molecule has 4 nitrogen and oxygen atoms in total. The number of hydrogen-bond donors (Lipinski definition) is 1. The third kappa shape index (κ3) is 2.47. The second kappa shape index (κ2) is 5.44. The summed E-state index contributed by atoms with van der Waals surface area (Å²) in [6.07, 6.45) is 0.744. The first kappa shape index (κ1) is 14.6. The van der Waals surface area contributed by atoms with Gasteiger partial charge in [0, 0.05) is 17.6 Å². The fourth-order valence-electron chi connectivity index (χ4n) is 2.56. The Balaban J connectivity index is 2.06. The number of fused-ring (bicyclic) bond motifs is 1. The standard InChI is InChI=1S/C15H15BrN2O2S/c16-13-9-11(10-17)5-6-15(13)21(19,20)18-8-7-12-3-1-2-4-14(12)18/h1-6,9H,7-8,10,17H2. The van der Waals surface area contributed by atoms with Crippen LogP contribution in [-0.2, 0) is 23.0 Å². The monoisotopic (exact) mass is 366 g/mol. The molecule has 0 fully saturated rings. The molecule has 1 aliphatic heterocycles. The highest BCUT2D eigenvalue weighted by molar-refractivity contribution is 9.10. The topological polar surface area (TPSA) is 63.4 Å². The molecule has 3 rings (SSSR count). The van der Waals surface area contributed by atoms with E-state index in [1.54, 1.807) is 18.2 Å². The molecule has 21 heavy (non-hydrogen) atoms. The molecule has 0 atom stereocenters. The zero-order valence-electron chi connectivity index (χ0n) is 11.3. The number of anilines is 1. The van der Waals surface area contributed by atoms with Gasteiger partial charge in [-0.25, -0.2) is 8.42 Å². The molecule has 0 unspecified atom stereocenters.